The number of unbranched alkanes of at least 4 members (excludes halogenated alkanes) is 30. The van der Waals surface area contributed by atoms with Gasteiger partial charge in [0.1, 0.15) is 24.4 Å². The fraction of sp³-hybridized carbons (Fsp3) is 0.939. The van der Waals surface area contributed by atoms with Gasteiger partial charge in [0.15, 0.2) is 6.29 Å². The van der Waals surface area contributed by atoms with Gasteiger partial charge >= 0.3 is 0 Å². The van der Waals surface area contributed by atoms with Crippen LogP contribution in [0.25, 0.3) is 0 Å². The van der Waals surface area contributed by atoms with Crippen LogP contribution >= 0.6 is 0 Å². The first-order valence-electron chi connectivity index (χ1n) is 24.9. The molecule has 1 saturated heterocycles. The molecule has 0 bridgehead atoms. The monoisotopic (exact) mass is 826 g/mol. The summed E-state index contributed by atoms with van der Waals surface area (Å²) in [7, 11) is 0. The van der Waals surface area contributed by atoms with Crippen molar-refractivity contribution in [3.63, 3.8) is 0 Å². The maximum Gasteiger partial charge on any atom is 0.220 e. The predicted octanol–water partition coefficient (Wildman–Crippen LogP) is 10.9. The van der Waals surface area contributed by atoms with Gasteiger partial charge in [0.25, 0.3) is 0 Å². The van der Waals surface area contributed by atoms with Crippen LogP contribution in [0.2, 0.25) is 0 Å². The van der Waals surface area contributed by atoms with E-state index < -0.39 is 49.5 Å². The van der Waals surface area contributed by atoms with Crippen LogP contribution in [-0.4, -0.2) is 87.5 Å². The molecular weight excluding hydrogens is 731 g/mol. The molecule has 344 valence electrons. The largest absolute Gasteiger partial charge is 0.394 e. The van der Waals surface area contributed by atoms with Crippen molar-refractivity contribution < 1.29 is 39.8 Å². The van der Waals surface area contributed by atoms with Crippen molar-refractivity contribution >= 4 is 5.91 Å². The highest BCUT2D eigenvalue weighted by Crippen LogP contribution is 2.23. The molecule has 1 rings (SSSR count). The van der Waals surface area contributed by atoms with E-state index in [1.807, 2.05) is 0 Å². The first-order chi connectivity index (χ1) is 28.3. The van der Waals surface area contributed by atoms with Gasteiger partial charge in [-0.2, -0.15) is 0 Å². The number of ether oxygens (including phenoxy) is 2. The molecule has 6 N–H and O–H groups in total. The standard InChI is InChI=1S/C49H95NO8/c1-3-5-7-9-11-13-14-15-16-17-18-19-20-21-22-23-24-25-26-27-28-29-30-31-33-35-37-39-45(53)50-42(43(52)38-36-34-32-12-10-8-6-4-2)41-57-49-48(56)47(55)46(54)44(40-51)58-49/h17-18,42-44,46-49,51-52,54-56H,3-16,19-41H2,1-2H3,(H,50,53)/b18-17-. The molecule has 7 unspecified atom stereocenters. The van der Waals surface area contributed by atoms with Crippen molar-refractivity contribution in [3.05, 3.63) is 12.2 Å². The third-order valence-electron chi connectivity index (χ3n) is 12.1. The summed E-state index contributed by atoms with van der Waals surface area (Å²) in [5, 5.41) is 54.2. The Hall–Kier alpha value is -1.07. The maximum absolute atomic E-state index is 12.9. The summed E-state index contributed by atoms with van der Waals surface area (Å²) >= 11 is 0. The third-order valence-corrected chi connectivity index (χ3v) is 12.1. The molecule has 0 aliphatic carbocycles. The fourth-order valence-corrected chi connectivity index (χ4v) is 8.10. The Bertz CT molecular complexity index is 919. The summed E-state index contributed by atoms with van der Waals surface area (Å²) in [4.78, 5) is 12.9. The first kappa shape index (κ1) is 54.9. The minimum Gasteiger partial charge on any atom is -0.394 e. The number of aliphatic hydroxyl groups excluding tert-OH is 5. The molecule has 7 atom stereocenters. The average molecular weight is 826 g/mol. The lowest BCUT2D eigenvalue weighted by Crippen LogP contribution is -2.60. The van der Waals surface area contributed by atoms with Crippen LogP contribution in [0.15, 0.2) is 12.2 Å². The minimum absolute atomic E-state index is 0.135. The van der Waals surface area contributed by atoms with Crippen LogP contribution in [0.4, 0.5) is 0 Å². The Morgan fingerprint density at radius 3 is 1.40 bits per heavy atom. The van der Waals surface area contributed by atoms with Gasteiger partial charge in [-0.1, -0.05) is 206 Å². The Morgan fingerprint density at radius 1 is 0.569 bits per heavy atom. The number of hydrogen-bond donors (Lipinski definition) is 6. The van der Waals surface area contributed by atoms with Gasteiger partial charge in [-0.15, -0.1) is 0 Å². The van der Waals surface area contributed by atoms with E-state index in [0.717, 1.165) is 38.5 Å². The van der Waals surface area contributed by atoms with Gasteiger partial charge in [-0.25, -0.2) is 0 Å². The highest BCUT2D eigenvalue weighted by atomic mass is 16.7. The van der Waals surface area contributed by atoms with Crippen LogP contribution in [0.5, 0.6) is 0 Å². The van der Waals surface area contributed by atoms with Crippen molar-refractivity contribution in [3.8, 4) is 0 Å². The lowest BCUT2D eigenvalue weighted by atomic mass is 9.99. The minimum atomic E-state index is -1.55. The Morgan fingerprint density at radius 2 is 0.966 bits per heavy atom. The highest BCUT2D eigenvalue weighted by molar-refractivity contribution is 5.76. The third kappa shape index (κ3) is 30.0. The first-order valence-corrected chi connectivity index (χ1v) is 24.9. The maximum atomic E-state index is 12.9. The smallest absolute Gasteiger partial charge is 0.220 e. The number of nitrogens with one attached hydrogen (secondary N) is 1. The highest BCUT2D eigenvalue weighted by Gasteiger charge is 2.44. The lowest BCUT2D eigenvalue weighted by Gasteiger charge is -2.40. The molecule has 0 aromatic rings. The fourth-order valence-electron chi connectivity index (χ4n) is 8.10. The summed E-state index contributed by atoms with van der Waals surface area (Å²) in [5.41, 5.74) is 0. The second-order valence-corrected chi connectivity index (χ2v) is 17.6. The molecule has 0 saturated carbocycles. The molecule has 58 heavy (non-hydrogen) atoms. The SMILES string of the molecule is CCCCCCCCCC/C=C\CCCCCCCCCCCCCCCCCC(=O)NC(COC1OC(CO)C(O)C(O)C1O)C(O)CCCCCCCCCC. The van der Waals surface area contributed by atoms with Crippen molar-refractivity contribution in [2.45, 2.75) is 281 Å². The van der Waals surface area contributed by atoms with E-state index in [2.05, 4.69) is 31.3 Å². The molecule has 9 nitrogen and oxygen atoms in total. The molecular formula is C49H95NO8. The van der Waals surface area contributed by atoms with E-state index >= 15 is 0 Å². The molecule has 1 aliphatic heterocycles. The van der Waals surface area contributed by atoms with Gasteiger partial charge in [0.05, 0.1) is 25.4 Å². The number of amides is 1. The van der Waals surface area contributed by atoms with Crippen LogP contribution in [0.1, 0.15) is 239 Å². The van der Waals surface area contributed by atoms with Crippen LogP contribution in [-0.2, 0) is 14.3 Å². The Labute approximate surface area is 356 Å². The van der Waals surface area contributed by atoms with E-state index in [-0.39, 0.29) is 12.5 Å². The van der Waals surface area contributed by atoms with Gasteiger partial charge in [-0.05, 0) is 38.5 Å². The number of hydrogen-bond acceptors (Lipinski definition) is 8. The van der Waals surface area contributed by atoms with Gasteiger partial charge in [0, 0.05) is 6.42 Å². The average Bonchev–Trinajstić information content (AvgIpc) is 3.22. The van der Waals surface area contributed by atoms with E-state index in [9.17, 15) is 30.3 Å². The zero-order valence-electron chi connectivity index (χ0n) is 37.8. The normalized spacial score (nSPS) is 20.8. The van der Waals surface area contributed by atoms with E-state index in [0.29, 0.717) is 12.8 Å². The Balaban J connectivity index is 2.12. The van der Waals surface area contributed by atoms with Gasteiger partial charge in [0.2, 0.25) is 5.91 Å². The predicted molar refractivity (Wildman–Crippen MR) is 240 cm³/mol. The molecule has 1 aliphatic rings. The summed E-state index contributed by atoms with van der Waals surface area (Å²) in [6.45, 7) is 3.81. The van der Waals surface area contributed by atoms with E-state index in [4.69, 9.17) is 9.47 Å². The number of carbonyl (C=O) groups excluding carboxylic acids is 1. The quantitative estimate of drug-likeness (QED) is 0.0263. The molecule has 1 amide bonds. The summed E-state index contributed by atoms with van der Waals surface area (Å²) < 4.78 is 11.2. The number of rotatable bonds is 42. The second-order valence-electron chi connectivity index (χ2n) is 17.6. The number of aliphatic hydroxyl groups is 5. The van der Waals surface area contributed by atoms with Crippen LogP contribution in [0.3, 0.4) is 0 Å². The summed E-state index contributed by atoms with van der Waals surface area (Å²) in [6.07, 6.45) is 39.7. The molecule has 1 fully saturated rings. The van der Waals surface area contributed by atoms with E-state index in [1.54, 1.807) is 0 Å². The Kier molecular flexibility index (Phi) is 37.9. The summed E-state index contributed by atoms with van der Waals surface area (Å²) in [5.74, 6) is -0.144. The lowest BCUT2D eigenvalue weighted by molar-refractivity contribution is -0.302. The van der Waals surface area contributed by atoms with Crippen molar-refractivity contribution in [1.29, 1.82) is 0 Å². The molecule has 1 heterocycles. The van der Waals surface area contributed by atoms with Gasteiger partial charge in [-0.3, -0.25) is 4.79 Å². The zero-order chi connectivity index (χ0) is 42.3. The number of allylic oxidation sites excluding steroid dienone is 2. The van der Waals surface area contributed by atoms with Crippen molar-refractivity contribution in [2.75, 3.05) is 13.2 Å². The topological polar surface area (TPSA) is 149 Å². The second kappa shape index (κ2) is 40.0. The molecule has 0 aromatic heterocycles. The number of carbonyl (C=O) groups is 1. The van der Waals surface area contributed by atoms with Gasteiger partial charge < -0.3 is 40.3 Å². The van der Waals surface area contributed by atoms with Crippen LogP contribution < -0.4 is 5.32 Å². The molecule has 9 heteroatoms. The molecule has 0 radical (unpaired) electrons. The van der Waals surface area contributed by atoms with E-state index in [1.165, 1.54) is 173 Å². The van der Waals surface area contributed by atoms with Crippen molar-refractivity contribution in [2.24, 2.45) is 0 Å². The zero-order valence-corrected chi connectivity index (χ0v) is 37.8. The van der Waals surface area contributed by atoms with Crippen LogP contribution in [0, 0.1) is 0 Å². The van der Waals surface area contributed by atoms with Crippen molar-refractivity contribution in [1.82, 2.24) is 5.32 Å². The summed E-state index contributed by atoms with van der Waals surface area (Å²) in [6, 6.07) is -0.712. The molecule has 0 aromatic carbocycles. The molecule has 0 spiro atoms.